The Bertz CT molecular complexity index is 437. The molecular formula is C14H21N3O. The van der Waals surface area contributed by atoms with Gasteiger partial charge in [-0.2, -0.15) is 0 Å². The van der Waals surface area contributed by atoms with Gasteiger partial charge in [-0.15, -0.1) is 0 Å². The molecule has 1 aromatic carbocycles. The molecule has 0 bridgehead atoms. The van der Waals surface area contributed by atoms with Gasteiger partial charge in [-0.25, -0.2) is 0 Å². The van der Waals surface area contributed by atoms with Gasteiger partial charge in [-0.3, -0.25) is 4.79 Å². The molecule has 18 heavy (non-hydrogen) atoms. The second kappa shape index (κ2) is 5.29. The van der Waals surface area contributed by atoms with E-state index in [-0.39, 0.29) is 5.91 Å². The van der Waals surface area contributed by atoms with Gasteiger partial charge in [-0.05, 0) is 24.1 Å². The highest BCUT2D eigenvalue weighted by Crippen LogP contribution is 2.23. The van der Waals surface area contributed by atoms with Crippen LogP contribution >= 0.6 is 0 Å². The van der Waals surface area contributed by atoms with Crippen LogP contribution in [0.3, 0.4) is 0 Å². The molecule has 1 fully saturated rings. The summed E-state index contributed by atoms with van der Waals surface area (Å²) in [6.45, 7) is 7.09. The van der Waals surface area contributed by atoms with E-state index < -0.39 is 0 Å². The van der Waals surface area contributed by atoms with Crippen molar-refractivity contribution in [3.8, 4) is 0 Å². The van der Waals surface area contributed by atoms with Crippen LogP contribution in [0.15, 0.2) is 18.2 Å². The first-order valence-electron chi connectivity index (χ1n) is 6.50. The van der Waals surface area contributed by atoms with Crippen LogP contribution in [-0.2, 0) is 11.2 Å². The SMILES string of the molecule is CCc1ccc(N2CCN(C(C)=O)CC2)cc1N. The minimum Gasteiger partial charge on any atom is -0.398 e. The molecule has 2 N–H and O–H groups in total. The lowest BCUT2D eigenvalue weighted by molar-refractivity contribution is -0.129. The molecule has 0 aliphatic carbocycles. The number of anilines is 2. The van der Waals surface area contributed by atoms with Crippen molar-refractivity contribution in [2.24, 2.45) is 0 Å². The standard InChI is InChI=1S/C14H21N3O/c1-3-12-4-5-13(10-14(12)15)17-8-6-16(7-9-17)11(2)18/h4-5,10H,3,6-9,15H2,1-2H3. The maximum Gasteiger partial charge on any atom is 0.219 e. The molecule has 1 aliphatic rings. The number of amides is 1. The number of benzene rings is 1. The van der Waals surface area contributed by atoms with Gasteiger partial charge in [0, 0.05) is 44.5 Å². The minimum atomic E-state index is 0.162. The lowest BCUT2D eigenvalue weighted by atomic mass is 10.1. The molecule has 0 unspecified atom stereocenters. The third kappa shape index (κ3) is 2.58. The van der Waals surface area contributed by atoms with Crippen molar-refractivity contribution in [3.63, 3.8) is 0 Å². The molecule has 1 aromatic rings. The fourth-order valence-corrected chi connectivity index (χ4v) is 2.38. The van der Waals surface area contributed by atoms with Gasteiger partial charge in [0.1, 0.15) is 0 Å². The maximum absolute atomic E-state index is 11.3. The quantitative estimate of drug-likeness (QED) is 0.806. The number of nitrogens with two attached hydrogens (primary N) is 1. The lowest BCUT2D eigenvalue weighted by Gasteiger charge is -2.35. The van der Waals surface area contributed by atoms with E-state index in [1.54, 1.807) is 6.92 Å². The van der Waals surface area contributed by atoms with Crippen LogP contribution < -0.4 is 10.6 Å². The first-order valence-corrected chi connectivity index (χ1v) is 6.50. The fraction of sp³-hybridized carbons (Fsp3) is 0.500. The van der Waals surface area contributed by atoms with Crippen LogP contribution in [0, 0.1) is 0 Å². The number of nitrogens with zero attached hydrogens (tertiary/aromatic N) is 2. The van der Waals surface area contributed by atoms with Crippen LogP contribution in [-0.4, -0.2) is 37.0 Å². The molecule has 1 aliphatic heterocycles. The van der Waals surface area contributed by atoms with Gasteiger partial charge >= 0.3 is 0 Å². The van der Waals surface area contributed by atoms with Crippen LogP contribution in [0.5, 0.6) is 0 Å². The first-order chi connectivity index (χ1) is 8.61. The molecule has 0 spiro atoms. The number of carbonyl (C=O) groups excluding carboxylic acids is 1. The first kappa shape index (κ1) is 12.7. The minimum absolute atomic E-state index is 0.162. The topological polar surface area (TPSA) is 49.6 Å². The summed E-state index contributed by atoms with van der Waals surface area (Å²) >= 11 is 0. The number of aryl methyl sites for hydroxylation is 1. The molecular weight excluding hydrogens is 226 g/mol. The number of carbonyl (C=O) groups is 1. The highest BCUT2D eigenvalue weighted by atomic mass is 16.2. The Kier molecular flexibility index (Phi) is 3.75. The van der Waals surface area contributed by atoms with Crippen molar-refractivity contribution in [1.82, 2.24) is 4.90 Å². The van der Waals surface area contributed by atoms with Crippen molar-refractivity contribution in [3.05, 3.63) is 23.8 Å². The molecule has 1 saturated heterocycles. The van der Waals surface area contributed by atoms with Gasteiger partial charge in [0.2, 0.25) is 5.91 Å². The Labute approximate surface area is 108 Å². The second-order valence-electron chi connectivity index (χ2n) is 4.73. The van der Waals surface area contributed by atoms with E-state index in [0.29, 0.717) is 0 Å². The Balaban J connectivity index is 2.05. The van der Waals surface area contributed by atoms with Crippen molar-refractivity contribution in [1.29, 1.82) is 0 Å². The van der Waals surface area contributed by atoms with Crippen molar-refractivity contribution in [2.75, 3.05) is 36.8 Å². The van der Waals surface area contributed by atoms with Crippen LogP contribution in [0.4, 0.5) is 11.4 Å². The Morgan fingerprint density at radius 2 is 1.94 bits per heavy atom. The van der Waals surface area contributed by atoms with Gasteiger partial charge in [-0.1, -0.05) is 13.0 Å². The summed E-state index contributed by atoms with van der Waals surface area (Å²) in [6.07, 6.45) is 0.963. The van der Waals surface area contributed by atoms with E-state index in [4.69, 9.17) is 5.73 Å². The van der Waals surface area contributed by atoms with Crippen molar-refractivity contribution in [2.45, 2.75) is 20.3 Å². The summed E-state index contributed by atoms with van der Waals surface area (Å²) in [4.78, 5) is 15.4. The highest BCUT2D eigenvalue weighted by molar-refractivity contribution is 5.73. The number of hydrogen-bond donors (Lipinski definition) is 1. The summed E-state index contributed by atoms with van der Waals surface area (Å²) in [5, 5.41) is 0. The predicted octanol–water partition coefficient (Wildman–Crippen LogP) is 1.50. The molecule has 0 saturated carbocycles. The molecule has 4 heteroatoms. The average molecular weight is 247 g/mol. The smallest absolute Gasteiger partial charge is 0.219 e. The summed E-state index contributed by atoms with van der Waals surface area (Å²) in [5.74, 6) is 0.162. The summed E-state index contributed by atoms with van der Waals surface area (Å²) in [6, 6.07) is 6.27. The number of piperazine rings is 1. The molecule has 4 nitrogen and oxygen atoms in total. The molecule has 1 amide bonds. The summed E-state index contributed by atoms with van der Waals surface area (Å²) in [5.41, 5.74) is 9.24. The summed E-state index contributed by atoms with van der Waals surface area (Å²) in [7, 11) is 0. The monoisotopic (exact) mass is 247 g/mol. The van der Waals surface area contributed by atoms with Crippen LogP contribution in [0.1, 0.15) is 19.4 Å². The summed E-state index contributed by atoms with van der Waals surface area (Å²) < 4.78 is 0. The fourth-order valence-electron chi connectivity index (χ4n) is 2.38. The molecule has 0 aromatic heterocycles. The highest BCUT2D eigenvalue weighted by Gasteiger charge is 2.18. The van der Waals surface area contributed by atoms with E-state index >= 15 is 0 Å². The molecule has 1 heterocycles. The Morgan fingerprint density at radius 3 is 2.44 bits per heavy atom. The van der Waals surface area contributed by atoms with Gasteiger partial charge < -0.3 is 15.5 Å². The number of hydrogen-bond acceptors (Lipinski definition) is 3. The zero-order chi connectivity index (χ0) is 13.1. The van der Waals surface area contributed by atoms with E-state index in [1.807, 2.05) is 11.0 Å². The van der Waals surface area contributed by atoms with Crippen molar-refractivity contribution < 1.29 is 4.79 Å². The Morgan fingerprint density at radius 1 is 1.28 bits per heavy atom. The number of rotatable bonds is 2. The third-order valence-corrected chi connectivity index (χ3v) is 3.60. The molecule has 0 radical (unpaired) electrons. The van der Waals surface area contributed by atoms with Gasteiger partial charge in [0.25, 0.3) is 0 Å². The molecule has 0 atom stereocenters. The molecule has 98 valence electrons. The van der Waals surface area contributed by atoms with Crippen molar-refractivity contribution >= 4 is 17.3 Å². The largest absolute Gasteiger partial charge is 0.398 e. The van der Waals surface area contributed by atoms with E-state index in [9.17, 15) is 4.79 Å². The zero-order valence-electron chi connectivity index (χ0n) is 11.1. The van der Waals surface area contributed by atoms with Gasteiger partial charge in [0.15, 0.2) is 0 Å². The number of nitrogen functional groups attached to an aromatic ring is 1. The molecule has 2 rings (SSSR count). The van der Waals surface area contributed by atoms with E-state index in [2.05, 4.69) is 24.0 Å². The van der Waals surface area contributed by atoms with E-state index in [1.165, 1.54) is 5.56 Å². The average Bonchev–Trinajstić information content (AvgIpc) is 2.38. The second-order valence-corrected chi connectivity index (χ2v) is 4.73. The Hall–Kier alpha value is -1.71. The van der Waals surface area contributed by atoms with Crippen LogP contribution in [0.2, 0.25) is 0 Å². The van der Waals surface area contributed by atoms with E-state index in [0.717, 1.165) is 44.0 Å². The zero-order valence-corrected chi connectivity index (χ0v) is 11.1. The predicted molar refractivity (Wildman–Crippen MR) is 74.7 cm³/mol. The maximum atomic E-state index is 11.3. The van der Waals surface area contributed by atoms with Gasteiger partial charge in [0.05, 0.1) is 0 Å². The lowest BCUT2D eigenvalue weighted by Crippen LogP contribution is -2.48. The normalized spacial score (nSPS) is 15.9. The third-order valence-electron chi connectivity index (χ3n) is 3.60. The van der Waals surface area contributed by atoms with Crippen LogP contribution in [0.25, 0.3) is 0 Å².